The first-order chi connectivity index (χ1) is 13.5. The average Bonchev–Trinajstić information content (AvgIpc) is 2.68. The highest BCUT2D eigenvalue weighted by Crippen LogP contribution is 2.28. The molecule has 0 aliphatic carbocycles. The molecule has 28 heavy (non-hydrogen) atoms. The molecular formula is C20H20ClN3O3S. The van der Waals surface area contributed by atoms with Crippen molar-refractivity contribution in [1.82, 2.24) is 9.55 Å². The van der Waals surface area contributed by atoms with Crippen molar-refractivity contribution in [2.24, 2.45) is 0 Å². The number of hydrogen-bond donors (Lipinski definition) is 1. The van der Waals surface area contributed by atoms with Gasteiger partial charge in [-0.15, -0.1) is 0 Å². The zero-order chi connectivity index (χ0) is 20.1. The predicted octanol–water partition coefficient (Wildman–Crippen LogP) is 4.20. The van der Waals surface area contributed by atoms with Crippen LogP contribution in [0.2, 0.25) is 5.02 Å². The zero-order valence-corrected chi connectivity index (χ0v) is 17.1. The van der Waals surface area contributed by atoms with Crippen molar-refractivity contribution in [3.05, 3.63) is 57.8 Å². The van der Waals surface area contributed by atoms with Gasteiger partial charge in [-0.05, 0) is 37.3 Å². The van der Waals surface area contributed by atoms with Gasteiger partial charge in [0.15, 0.2) is 5.16 Å². The molecule has 8 heteroatoms. The van der Waals surface area contributed by atoms with E-state index in [1.807, 2.05) is 25.1 Å². The Labute approximate surface area is 171 Å². The summed E-state index contributed by atoms with van der Waals surface area (Å²) in [6, 6.07) is 12.3. The van der Waals surface area contributed by atoms with Gasteiger partial charge in [0.1, 0.15) is 5.75 Å². The van der Waals surface area contributed by atoms with E-state index in [0.29, 0.717) is 44.8 Å². The summed E-state index contributed by atoms with van der Waals surface area (Å²) in [5.74, 6) is 0.861. The third-order valence-corrected chi connectivity index (χ3v) is 5.35. The van der Waals surface area contributed by atoms with Crippen molar-refractivity contribution >= 4 is 45.9 Å². The topological polar surface area (TPSA) is 73.2 Å². The number of fused-ring (bicyclic) bond motifs is 1. The van der Waals surface area contributed by atoms with E-state index in [-0.39, 0.29) is 17.9 Å². The molecule has 0 radical (unpaired) electrons. The van der Waals surface area contributed by atoms with E-state index in [9.17, 15) is 9.59 Å². The van der Waals surface area contributed by atoms with Crippen molar-refractivity contribution in [3.63, 3.8) is 0 Å². The molecule has 0 spiro atoms. The molecule has 1 amide bonds. The first-order valence-corrected chi connectivity index (χ1v) is 10.2. The maximum Gasteiger partial charge on any atom is 0.262 e. The number of anilines is 1. The summed E-state index contributed by atoms with van der Waals surface area (Å²) in [7, 11) is 1.53. The highest BCUT2D eigenvalue weighted by atomic mass is 35.5. The molecule has 0 unspecified atom stereocenters. The maximum absolute atomic E-state index is 12.6. The number of carbonyl (C=O) groups is 1. The molecule has 146 valence electrons. The minimum absolute atomic E-state index is 0.0660. The third-order valence-electron chi connectivity index (χ3n) is 4.14. The van der Waals surface area contributed by atoms with E-state index in [0.717, 1.165) is 0 Å². The number of hydrogen-bond acceptors (Lipinski definition) is 5. The summed E-state index contributed by atoms with van der Waals surface area (Å²) in [5.41, 5.74) is 1.12. The lowest BCUT2D eigenvalue weighted by molar-refractivity contribution is -0.115. The summed E-state index contributed by atoms with van der Waals surface area (Å²) in [6.07, 6.45) is 0.257. The molecule has 0 bridgehead atoms. The number of nitrogens with one attached hydrogen (secondary N) is 1. The lowest BCUT2D eigenvalue weighted by atomic mass is 10.2. The fraction of sp³-hybridized carbons (Fsp3) is 0.250. The number of para-hydroxylation sites is 1. The number of halogens is 1. The van der Waals surface area contributed by atoms with E-state index in [4.69, 9.17) is 16.3 Å². The van der Waals surface area contributed by atoms with Gasteiger partial charge in [0, 0.05) is 23.7 Å². The highest BCUT2D eigenvalue weighted by Gasteiger charge is 2.12. The third kappa shape index (κ3) is 4.48. The molecule has 0 saturated carbocycles. The Hall–Kier alpha value is -2.51. The molecule has 1 heterocycles. The van der Waals surface area contributed by atoms with E-state index in [2.05, 4.69) is 10.3 Å². The molecule has 3 rings (SSSR count). The summed E-state index contributed by atoms with van der Waals surface area (Å²) in [4.78, 5) is 29.5. The second-order valence-corrected chi connectivity index (χ2v) is 7.45. The van der Waals surface area contributed by atoms with Gasteiger partial charge in [-0.2, -0.15) is 0 Å². The van der Waals surface area contributed by atoms with Crippen LogP contribution in [-0.4, -0.2) is 28.3 Å². The highest BCUT2D eigenvalue weighted by molar-refractivity contribution is 7.99. The standard InChI is InChI=1S/C20H20ClN3O3S/c1-3-24-19(26)14-6-4-5-7-15(14)23-20(24)28-11-10-18(25)22-16-12-13(21)8-9-17(16)27-2/h4-9,12H,3,10-11H2,1-2H3,(H,22,25). The van der Waals surface area contributed by atoms with Gasteiger partial charge in [-0.1, -0.05) is 35.5 Å². The second-order valence-electron chi connectivity index (χ2n) is 5.95. The zero-order valence-electron chi connectivity index (χ0n) is 15.6. The van der Waals surface area contributed by atoms with E-state index in [1.54, 1.807) is 28.8 Å². The molecule has 3 aromatic rings. The molecule has 0 aliphatic rings. The Morgan fingerprint density at radius 1 is 1.29 bits per heavy atom. The summed E-state index contributed by atoms with van der Waals surface area (Å²) < 4.78 is 6.86. The minimum atomic E-state index is -0.167. The number of aromatic nitrogens is 2. The van der Waals surface area contributed by atoms with E-state index < -0.39 is 0 Å². The van der Waals surface area contributed by atoms with Crippen LogP contribution in [-0.2, 0) is 11.3 Å². The minimum Gasteiger partial charge on any atom is -0.495 e. The SMILES string of the molecule is CCn1c(SCCC(=O)Nc2cc(Cl)ccc2OC)nc2ccccc2c1=O. The van der Waals surface area contributed by atoms with Crippen molar-refractivity contribution in [1.29, 1.82) is 0 Å². The van der Waals surface area contributed by atoms with Gasteiger partial charge >= 0.3 is 0 Å². The van der Waals surface area contributed by atoms with Gasteiger partial charge < -0.3 is 10.1 Å². The number of thioether (sulfide) groups is 1. The van der Waals surface area contributed by atoms with Crippen LogP contribution in [0.1, 0.15) is 13.3 Å². The van der Waals surface area contributed by atoms with Gasteiger partial charge in [0.05, 0.1) is 23.7 Å². The largest absolute Gasteiger partial charge is 0.495 e. The fourth-order valence-corrected chi connectivity index (χ4v) is 3.94. The smallest absolute Gasteiger partial charge is 0.262 e. The molecule has 1 aromatic heterocycles. The lowest BCUT2D eigenvalue weighted by Gasteiger charge is -2.12. The van der Waals surface area contributed by atoms with Gasteiger partial charge in [-0.3, -0.25) is 14.2 Å². The molecule has 0 saturated heterocycles. The van der Waals surface area contributed by atoms with Crippen LogP contribution in [0.25, 0.3) is 10.9 Å². The van der Waals surface area contributed by atoms with Crippen LogP contribution in [0, 0.1) is 0 Å². The molecular weight excluding hydrogens is 398 g/mol. The predicted molar refractivity (Wildman–Crippen MR) is 114 cm³/mol. The van der Waals surface area contributed by atoms with Crippen LogP contribution >= 0.6 is 23.4 Å². The van der Waals surface area contributed by atoms with Gasteiger partial charge in [-0.25, -0.2) is 4.98 Å². The number of methoxy groups -OCH3 is 1. The number of amides is 1. The van der Waals surface area contributed by atoms with Crippen molar-refractivity contribution in [2.45, 2.75) is 25.0 Å². The van der Waals surface area contributed by atoms with Crippen LogP contribution in [0.3, 0.4) is 0 Å². The maximum atomic E-state index is 12.6. The van der Waals surface area contributed by atoms with E-state index >= 15 is 0 Å². The normalized spacial score (nSPS) is 10.8. The molecule has 2 aromatic carbocycles. The van der Waals surface area contributed by atoms with Crippen molar-refractivity contribution in [3.8, 4) is 5.75 Å². The number of ether oxygens (including phenoxy) is 1. The number of nitrogens with zero attached hydrogens (tertiary/aromatic N) is 2. The Morgan fingerprint density at radius 3 is 2.82 bits per heavy atom. The molecule has 1 N–H and O–H groups in total. The quantitative estimate of drug-likeness (QED) is 0.460. The van der Waals surface area contributed by atoms with Crippen LogP contribution in [0.15, 0.2) is 52.4 Å². The Morgan fingerprint density at radius 2 is 2.07 bits per heavy atom. The first kappa shape index (κ1) is 20.2. The summed E-state index contributed by atoms with van der Waals surface area (Å²) in [6.45, 7) is 2.42. The summed E-state index contributed by atoms with van der Waals surface area (Å²) in [5, 5.41) is 4.53. The Kier molecular flexibility index (Phi) is 6.59. The molecule has 6 nitrogen and oxygen atoms in total. The summed E-state index contributed by atoms with van der Waals surface area (Å²) >= 11 is 7.37. The number of carbonyl (C=O) groups excluding carboxylic acids is 1. The Bertz CT molecular complexity index is 1070. The van der Waals surface area contributed by atoms with Gasteiger partial charge in [0.25, 0.3) is 5.56 Å². The van der Waals surface area contributed by atoms with Crippen molar-refractivity contribution in [2.75, 3.05) is 18.2 Å². The number of benzene rings is 2. The Balaban J connectivity index is 1.69. The monoisotopic (exact) mass is 417 g/mol. The molecule has 0 aliphatic heterocycles. The molecule has 0 fully saturated rings. The van der Waals surface area contributed by atoms with E-state index in [1.165, 1.54) is 18.9 Å². The number of rotatable bonds is 7. The van der Waals surface area contributed by atoms with Crippen molar-refractivity contribution < 1.29 is 9.53 Å². The van der Waals surface area contributed by atoms with Crippen LogP contribution < -0.4 is 15.6 Å². The first-order valence-electron chi connectivity index (χ1n) is 8.79. The van der Waals surface area contributed by atoms with Crippen LogP contribution in [0.5, 0.6) is 5.75 Å². The lowest BCUT2D eigenvalue weighted by Crippen LogP contribution is -2.22. The second kappa shape index (κ2) is 9.12. The van der Waals surface area contributed by atoms with Gasteiger partial charge in [0.2, 0.25) is 5.91 Å². The van der Waals surface area contributed by atoms with Crippen LogP contribution in [0.4, 0.5) is 5.69 Å². The molecule has 0 atom stereocenters. The average molecular weight is 418 g/mol. The fourth-order valence-electron chi connectivity index (χ4n) is 2.76.